The van der Waals surface area contributed by atoms with Gasteiger partial charge >= 0.3 is 0 Å². The van der Waals surface area contributed by atoms with Crippen molar-refractivity contribution < 1.29 is 15.0 Å². The Hall–Kier alpha value is -1.09. The highest BCUT2D eigenvalue weighted by atomic mass is 16.4. The second-order valence-electron chi connectivity index (χ2n) is 5.83. The third kappa shape index (κ3) is 33.6. The van der Waals surface area contributed by atoms with E-state index in [-0.39, 0.29) is 0 Å². The number of aliphatic carboxylic acids is 1. The molecule has 0 atom stereocenters. The predicted octanol–water partition coefficient (Wildman–Crippen LogP) is 5.88. The molecule has 23 heavy (non-hydrogen) atoms. The van der Waals surface area contributed by atoms with Crippen LogP contribution in [0.25, 0.3) is 0 Å². The van der Waals surface area contributed by atoms with Crippen molar-refractivity contribution in [2.45, 2.75) is 90.9 Å². The van der Waals surface area contributed by atoms with E-state index in [1.165, 1.54) is 64.2 Å². The van der Waals surface area contributed by atoms with Crippen molar-refractivity contribution in [3.05, 3.63) is 24.3 Å². The van der Waals surface area contributed by atoms with Gasteiger partial charge in [-0.25, -0.2) is 0 Å². The summed E-state index contributed by atoms with van der Waals surface area (Å²) in [6, 6.07) is 0. The van der Waals surface area contributed by atoms with Crippen molar-refractivity contribution in [1.29, 1.82) is 0 Å². The van der Waals surface area contributed by atoms with Crippen LogP contribution in [0, 0.1) is 0 Å². The Morgan fingerprint density at radius 2 is 1.22 bits per heavy atom. The number of aliphatic hydroxyl groups excluding tert-OH is 1. The number of hydrogen-bond donors (Lipinski definition) is 2. The number of carboxylic acids is 1. The van der Waals surface area contributed by atoms with Gasteiger partial charge in [-0.1, -0.05) is 69.8 Å². The van der Waals surface area contributed by atoms with E-state index in [1.54, 1.807) is 0 Å². The number of aliphatic hydroxyl groups is 1. The molecule has 0 saturated carbocycles. The molecular weight excluding hydrogens is 288 g/mol. The van der Waals surface area contributed by atoms with E-state index in [0.29, 0.717) is 6.61 Å². The molecule has 0 amide bonds. The summed E-state index contributed by atoms with van der Waals surface area (Å²) in [5, 5.41) is 16.1. The quantitative estimate of drug-likeness (QED) is 0.309. The van der Waals surface area contributed by atoms with E-state index in [2.05, 4.69) is 31.2 Å². The molecule has 3 nitrogen and oxygen atoms in total. The average Bonchev–Trinajstić information content (AvgIpc) is 2.50. The Labute approximate surface area is 143 Å². The van der Waals surface area contributed by atoms with Gasteiger partial charge in [0.15, 0.2) is 0 Å². The first-order valence-corrected chi connectivity index (χ1v) is 9.25. The van der Waals surface area contributed by atoms with Crippen LogP contribution >= 0.6 is 0 Å². The highest BCUT2D eigenvalue weighted by Crippen LogP contribution is 2.07. The normalized spacial score (nSPS) is 10.9. The summed E-state index contributed by atoms with van der Waals surface area (Å²) in [4.78, 5) is 9.00. The molecule has 0 aliphatic heterocycles. The molecule has 2 N–H and O–H groups in total. The molecule has 0 spiro atoms. The summed E-state index contributed by atoms with van der Waals surface area (Å²) in [5.74, 6) is -0.833. The predicted molar refractivity (Wildman–Crippen MR) is 99.8 cm³/mol. The van der Waals surface area contributed by atoms with Crippen molar-refractivity contribution in [2.75, 3.05) is 6.61 Å². The van der Waals surface area contributed by atoms with Gasteiger partial charge in [-0.15, -0.1) is 0 Å². The molecular formula is C20H38O3. The Morgan fingerprint density at radius 3 is 1.70 bits per heavy atom. The summed E-state index contributed by atoms with van der Waals surface area (Å²) in [6.45, 7) is 3.69. The van der Waals surface area contributed by atoms with E-state index >= 15 is 0 Å². The zero-order valence-electron chi connectivity index (χ0n) is 15.3. The molecule has 0 aromatic rings. The molecule has 0 bridgehead atoms. The van der Waals surface area contributed by atoms with Crippen molar-refractivity contribution in [2.24, 2.45) is 0 Å². The first-order valence-electron chi connectivity index (χ1n) is 9.25. The molecule has 0 aliphatic carbocycles. The van der Waals surface area contributed by atoms with Crippen molar-refractivity contribution >= 4 is 5.97 Å². The van der Waals surface area contributed by atoms with Gasteiger partial charge in [0.1, 0.15) is 0 Å². The first kappa shape index (κ1) is 24.2. The van der Waals surface area contributed by atoms with Gasteiger partial charge in [0.05, 0.1) is 0 Å². The fourth-order valence-corrected chi connectivity index (χ4v) is 2.10. The van der Waals surface area contributed by atoms with Crippen LogP contribution < -0.4 is 0 Å². The summed E-state index contributed by atoms with van der Waals surface area (Å²) in [5.41, 5.74) is 0. The Kier molecular flexibility index (Phi) is 24.4. The fourth-order valence-electron chi connectivity index (χ4n) is 2.10. The second kappa shape index (κ2) is 23.2. The zero-order valence-corrected chi connectivity index (χ0v) is 15.3. The minimum Gasteiger partial charge on any atom is -0.481 e. The summed E-state index contributed by atoms with van der Waals surface area (Å²) >= 11 is 0. The van der Waals surface area contributed by atoms with E-state index in [4.69, 9.17) is 15.0 Å². The first-order chi connectivity index (χ1) is 11.1. The van der Waals surface area contributed by atoms with Gasteiger partial charge in [0.25, 0.3) is 5.97 Å². The third-order valence-corrected chi connectivity index (χ3v) is 3.36. The Morgan fingerprint density at radius 1 is 0.783 bits per heavy atom. The largest absolute Gasteiger partial charge is 0.481 e. The van der Waals surface area contributed by atoms with Crippen LogP contribution in [0.1, 0.15) is 90.9 Å². The van der Waals surface area contributed by atoms with Gasteiger partial charge in [-0.05, 0) is 38.5 Å². The number of hydrogen-bond acceptors (Lipinski definition) is 2. The Bertz CT molecular complexity index is 279. The number of carbonyl (C=O) groups is 1. The SMILES string of the molecule is CC(=O)O.CCCCC/C=C/C/C=C/CCCCCCCCO. The van der Waals surface area contributed by atoms with E-state index < -0.39 is 5.97 Å². The smallest absolute Gasteiger partial charge is 0.300 e. The highest BCUT2D eigenvalue weighted by Gasteiger charge is 1.89. The Balaban J connectivity index is 0. The lowest BCUT2D eigenvalue weighted by atomic mass is 10.1. The molecule has 3 heteroatoms. The van der Waals surface area contributed by atoms with Crippen LogP contribution in [0.15, 0.2) is 24.3 Å². The topological polar surface area (TPSA) is 57.5 Å². The van der Waals surface area contributed by atoms with Gasteiger partial charge in [0, 0.05) is 13.5 Å². The maximum absolute atomic E-state index is 9.00. The third-order valence-electron chi connectivity index (χ3n) is 3.36. The van der Waals surface area contributed by atoms with Gasteiger partial charge in [-0.2, -0.15) is 0 Å². The minimum atomic E-state index is -0.833. The molecule has 136 valence electrons. The molecule has 0 saturated heterocycles. The molecule has 0 rings (SSSR count). The van der Waals surface area contributed by atoms with Crippen LogP contribution in [0.3, 0.4) is 0 Å². The van der Waals surface area contributed by atoms with Crippen molar-refractivity contribution in [3.63, 3.8) is 0 Å². The summed E-state index contributed by atoms with van der Waals surface area (Å²) < 4.78 is 0. The van der Waals surface area contributed by atoms with Gasteiger partial charge in [0.2, 0.25) is 0 Å². The number of carboxylic acid groups (broad SMARTS) is 1. The van der Waals surface area contributed by atoms with E-state index in [1.807, 2.05) is 0 Å². The fraction of sp³-hybridized carbons (Fsp3) is 0.750. The van der Waals surface area contributed by atoms with Gasteiger partial charge in [-0.3, -0.25) is 4.79 Å². The lowest BCUT2D eigenvalue weighted by molar-refractivity contribution is -0.134. The van der Waals surface area contributed by atoms with Crippen LogP contribution in [-0.2, 0) is 4.79 Å². The minimum absolute atomic E-state index is 0.356. The second-order valence-corrected chi connectivity index (χ2v) is 5.83. The summed E-state index contributed by atoms with van der Waals surface area (Å²) in [7, 11) is 0. The van der Waals surface area contributed by atoms with Crippen LogP contribution in [0.4, 0.5) is 0 Å². The molecule has 0 fully saturated rings. The maximum Gasteiger partial charge on any atom is 0.300 e. The number of unbranched alkanes of at least 4 members (excludes halogenated alkanes) is 9. The monoisotopic (exact) mass is 326 g/mol. The molecule has 0 aromatic carbocycles. The van der Waals surface area contributed by atoms with Crippen molar-refractivity contribution in [1.82, 2.24) is 0 Å². The molecule has 0 aliphatic rings. The molecule has 0 unspecified atom stereocenters. The maximum atomic E-state index is 9.00. The van der Waals surface area contributed by atoms with E-state index in [9.17, 15) is 0 Å². The number of allylic oxidation sites excluding steroid dienone is 4. The van der Waals surface area contributed by atoms with Crippen LogP contribution in [-0.4, -0.2) is 22.8 Å². The molecule has 0 aromatic heterocycles. The highest BCUT2D eigenvalue weighted by molar-refractivity contribution is 5.62. The van der Waals surface area contributed by atoms with Crippen molar-refractivity contribution in [3.8, 4) is 0 Å². The molecule has 0 radical (unpaired) electrons. The van der Waals surface area contributed by atoms with Crippen LogP contribution in [0.5, 0.6) is 0 Å². The van der Waals surface area contributed by atoms with E-state index in [0.717, 1.165) is 19.8 Å². The lowest BCUT2D eigenvalue weighted by Crippen LogP contribution is -1.83. The lowest BCUT2D eigenvalue weighted by Gasteiger charge is -1.98. The average molecular weight is 327 g/mol. The van der Waals surface area contributed by atoms with Gasteiger partial charge < -0.3 is 10.2 Å². The number of rotatable bonds is 14. The standard InChI is InChI=1S/C18H34O.C2H4O2/c1-2-3-4-5-6-7-8-9-10-11-12-13-14-15-16-17-18-19;1-2(3)4/h6-7,9-10,19H,2-5,8,11-18H2,1H3;1H3,(H,3,4)/b7-6+,10-9+;. The molecule has 0 heterocycles. The van der Waals surface area contributed by atoms with Crippen LogP contribution in [0.2, 0.25) is 0 Å². The zero-order chi connectivity index (χ0) is 17.6. The summed E-state index contributed by atoms with van der Waals surface area (Å²) in [6.07, 6.45) is 24.2.